The standard InChI is InChI=1S/C18H19F3N6O/c1-10-13(7-8-15(28)23-11(2)14-6-4-5-9-22-14)12(3)27-17(24-10)25-16(26-27)18(19,20)21/h4-6,9,11H,7-8H2,1-3H3,(H,23,28). The molecule has 0 spiro atoms. The van der Waals surface area contributed by atoms with Crippen LogP contribution in [0.25, 0.3) is 5.78 Å². The quantitative estimate of drug-likeness (QED) is 0.722. The smallest absolute Gasteiger partial charge is 0.348 e. The average molecular weight is 392 g/mol. The first kappa shape index (κ1) is 19.7. The van der Waals surface area contributed by atoms with E-state index in [1.165, 1.54) is 0 Å². The maximum Gasteiger partial charge on any atom is 0.453 e. The Labute approximate surface area is 159 Å². The van der Waals surface area contributed by atoms with E-state index in [4.69, 9.17) is 0 Å². The summed E-state index contributed by atoms with van der Waals surface area (Å²) in [5.74, 6) is -1.53. The first-order chi connectivity index (χ1) is 13.2. The molecule has 1 N–H and O–H groups in total. The molecule has 28 heavy (non-hydrogen) atoms. The van der Waals surface area contributed by atoms with Crippen molar-refractivity contribution in [2.45, 2.75) is 45.8 Å². The topological polar surface area (TPSA) is 85.1 Å². The van der Waals surface area contributed by atoms with E-state index in [-0.39, 0.29) is 24.1 Å². The van der Waals surface area contributed by atoms with Gasteiger partial charge in [0.1, 0.15) is 0 Å². The van der Waals surface area contributed by atoms with Crippen molar-refractivity contribution >= 4 is 11.7 Å². The van der Waals surface area contributed by atoms with E-state index in [1.807, 2.05) is 19.1 Å². The average Bonchev–Trinajstić information content (AvgIpc) is 3.07. The van der Waals surface area contributed by atoms with E-state index in [1.54, 1.807) is 26.1 Å². The van der Waals surface area contributed by atoms with Crippen LogP contribution < -0.4 is 5.32 Å². The Hall–Kier alpha value is -3.04. The molecule has 0 aromatic carbocycles. The fourth-order valence-corrected chi connectivity index (χ4v) is 2.95. The molecule has 0 aliphatic rings. The van der Waals surface area contributed by atoms with E-state index < -0.39 is 12.0 Å². The van der Waals surface area contributed by atoms with E-state index in [0.717, 1.165) is 10.2 Å². The Morgan fingerprint density at radius 3 is 2.64 bits per heavy atom. The Balaban J connectivity index is 1.74. The first-order valence-corrected chi connectivity index (χ1v) is 8.67. The minimum Gasteiger partial charge on any atom is -0.348 e. The molecule has 0 aliphatic heterocycles. The molecule has 0 aliphatic carbocycles. The number of pyridine rings is 1. The number of hydrogen-bond acceptors (Lipinski definition) is 5. The predicted molar refractivity (Wildman–Crippen MR) is 94.4 cm³/mol. The number of hydrogen-bond donors (Lipinski definition) is 1. The number of alkyl halides is 3. The van der Waals surface area contributed by atoms with Crippen molar-refractivity contribution in [2.75, 3.05) is 0 Å². The summed E-state index contributed by atoms with van der Waals surface area (Å²) in [7, 11) is 0. The van der Waals surface area contributed by atoms with Crippen LogP contribution in [0.5, 0.6) is 0 Å². The zero-order chi connectivity index (χ0) is 20.5. The largest absolute Gasteiger partial charge is 0.453 e. The van der Waals surface area contributed by atoms with Crippen molar-refractivity contribution < 1.29 is 18.0 Å². The summed E-state index contributed by atoms with van der Waals surface area (Å²) >= 11 is 0. The van der Waals surface area contributed by atoms with Gasteiger partial charge in [-0.2, -0.15) is 18.2 Å². The molecular weight excluding hydrogens is 373 g/mol. The molecule has 0 saturated carbocycles. The summed E-state index contributed by atoms with van der Waals surface area (Å²) < 4.78 is 39.6. The number of aryl methyl sites for hydroxylation is 2. The first-order valence-electron chi connectivity index (χ1n) is 8.67. The van der Waals surface area contributed by atoms with E-state index in [2.05, 4.69) is 25.4 Å². The van der Waals surface area contributed by atoms with Crippen LogP contribution in [-0.2, 0) is 17.4 Å². The van der Waals surface area contributed by atoms with Crippen molar-refractivity contribution in [3.8, 4) is 0 Å². The molecule has 10 heteroatoms. The predicted octanol–water partition coefficient (Wildman–Crippen LogP) is 2.96. The number of halogens is 3. The molecule has 3 rings (SSSR count). The van der Waals surface area contributed by atoms with Gasteiger partial charge in [-0.3, -0.25) is 9.78 Å². The second-order valence-electron chi connectivity index (χ2n) is 6.45. The van der Waals surface area contributed by atoms with Crippen LogP contribution in [-0.4, -0.2) is 30.5 Å². The summed E-state index contributed by atoms with van der Waals surface area (Å²) in [6, 6.07) is 5.20. The molecule has 0 saturated heterocycles. The lowest BCUT2D eigenvalue weighted by Gasteiger charge is -2.14. The number of nitrogens with one attached hydrogen (secondary N) is 1. The maximum atomic E-state index is 12.9. The second-order valence-corrected chi connectivity index (χ2v) is 6.45. The third kappa shape index (κ3) is 4.10. The number of rotatable bonds is 5. The van der Waals surface area contributed by atoms with Gasteiger partial charge in [0.2, 0.25) is 5.91 Å². The van der Waals surface area contributed by atoms with Crippen LogP contribution >= 0.6 is 0 Å². The number of aromatic nitrogens is 5. The fraction of sp³-hybridized carbons (Fsp3) is 0.389. The van der Waals surface area contributed by atoms with Gasteiger partial charge in [0, 0.05) is 24.0 Å². The van der Waals surface area contributed by atoms with E-state index in [0.29, 0.717) is 23.4 Å². The molecule has 7 nitrogen and oxygen atoms in total. The lowest BCUT2D eigenvalue weighted by Crippen LogP contribution is -2.27. The molecule has 3 aromatic heterocycles. The second kappa shape index (κ2) is 7.53. The molecule has 1 amide bonds. The Kier molecular flexibility index (Phi) is 5.30. The minimum absolute atomic E-state index is 0.112. The lowest BCUT2D eigenvalue weighted by atomic mass is 10.1. The van der Waals surface area contributed by atoms with Gasteiger partial charge in [0.15, 0.2) is 0 Å². The van der Waals surface area contributed by atoms with Crippen LogP contribution in [0.2, 0.25) is 0 Å². The molecule has 1 unspecified atom stereocenters. The highest BCUT2D eigenvalue weighted by Gasteiger charge is 2.36. The highest BCUT2D eigenvalue weighted by atomic mass is 19.4. The summed E-state index contributed by atoms with van der Waals surface area (Å²) in [6.07, 6.45) is -2.51. The van der Waals surface area contributed by atoms with Gasteiger partial charge in [0.05, 0.1) is 11.7 Å². The zero-order valence-corrected chi connectivity index (χ0v) is 15.6. The maximum absolute atomic E-state index is 12.9. The van der Waals surface area contributed by atoms with Crippen molar-refractivity contribution in [1.29, 1.82) is 0 Å². The Morgan fingerprint density at radius 2 is 2.00 bits per heavy atom. The Morgan fingerprint density at radius 1 is 1.25 bits per heavy atom. The van der Waals surface area contributed by atoms with Crippen molar-refractivity contribution in [3.63, 3.8) is 0 Å². The molecule has 1 atom stereocenters. The van der Waals surface area contributed by atoms with Gasteiger partial charge in [-0.1, -0.05) is 6.07 Å². The van der Waals surface area contributed by atoms with Crippen LogP contribution in [0.4, 0.5) is 13.2 Å². The van der Waals surface area contributed by atoms with Crippen molar-refractivity contribution in [2.24, 2.45) is 0 Å². The van der Waals surface area contributed by atoms with Crippen molar-refractivity contribution in [3.05, 3.63) is 52.9 Å². The van der Waals surface area contributed by atoms with Gasteiger partial charge in [0.25, 0.3) is 11.6 Å². The molecule has 148 valence electrons. The van der Waals surface area contributed by atoms with Gasteiger partial charge >= 0.3 is 6.18 Å². The summed E-state index contributed by atoms with van der Waals surface area (Å²) in [6.45, 7) is 5.15. The third-order valence-electron chi connectivity index (χ3n) is 4.41. The normalized spacial score (nSPS) is 12.9. The Bertz CT molecular complexity index is 1000. The van der Waals surface area contributed by atoms with E-state index in [9.17, 15) is 18.0 Å². The molecule has 3 heterocycles. The molecule has 0 bridgehead atoms. The number of carbonyl (C=O) groups is 1. The lowest BCUT2D eigenvalue weighted by molar-refractivity contribution is -0.144. The van der Waals surface area contributed by atoms with Crippen LogP contribution in [0.3, 0.4) is 0 Å². The number of carbonyl (C=O) groups excluding carboxylic acids is 1. The highest BCUT2D eigenvalue weighted by molar-refractivity contribution is 5.76. The summed E-state index contributed by atoms with van der Waals surface area (Å²) in [4.78, 5) is 24.0. The zero-order valence-electron chi connectivity index (χ0n) is 15.6. The fourth-order valence-electron chi connectivity index (χ4n) is 2.95. The van der Waals surface area contributed by atoms with Gasteiger partial charge in [-0.05, 0) is 44.9 Å². The van der Waals surface area contributed by atoms with Crippen LogP contribution in [0.15, 0.2) is 24.4 Å². The van der Waals surface area contributed by atoms with Crippen LogP contribution in [0, 0.1) is 13.8 Å². The SMILES string of the molecule is Cc1nc2nc(C(F)(F)F)nn2c(C)c1CCC(=O)NC(C)c1ccccn1. The number of fused-ring (bicyclic) bond motifs is 1. The van der Waals surface area contributed by atoms with E-state index >= 15 is 0 Å². The molecule has 3 aromatic rings. The van der Waals surface area contributed by atoms with Crippen molar-refractivity contribution in [1.82, 2.24) is 29.9 Å². The van der Waals surface area contributed by atoms with Gasteiger partial charge < -0.3 is 5.32 Å². The molecular formula is C18H19F3N6O. The summed E-state index contributed by atoms with van der Waals surface area (Å²) in [5, 5.41) is 6.37. The monoisotopic (exact) mass is 392 g/mol. The third-order valence-corrected chi connectivity index (χ3v) is 4.41. The minimum atomic E-state index is -4.64. The van der Waals surface area contributed by atoms with Gasteiger partial charge in [-0.25, -0.2) is 9.50 Å². The number of nitrogens with zero attached hydrogens (tertiary/aromatic N) is 5. The molecule has 0 fully saturated rings. The molecule has 0 radical (unpaired) electrons. The van der Waals surface area contributed by atoms with Gasteiger partial charge in [-0.15, -0.1) is 5.10 Å². The number of amides is 1. The summed E-state index contributed by atoms with van der Waals surface area (Å²) in [5.41, 5.74) is 2.42. The highest BCUT2D eigenvalue weighted by Crippen LogP contribution is 2.27. The van der Waals surface area contributed by atoms with Crippen LogP contribution in [0.1, 0.15) is 47.9 Å².